The normalized spacial score (nSPS) is 12.0. The molecule has 7 heteroatoms. The van der Waals surface area contributed by atoms with Crippen molar-refractivity contribution in [3.8, 4) is 5.75 Å². The predicted octanol–water partition coefficient (Wildman–Crippen LogP) is 4.43. The molecule has 26 heavy (non-hydrogen) atoms. The zero-order chi connectivity index (χ0) is 18.4. The van der Waals surface area contributed by atoms with Crippen LogP contribution in [0.15, 0.2) is 52.9 Å². The second kappa shape index (κ2) is 9.02. The van der Waals surface area contributed by atoms with E-state index in [0.29, 0.717) is 5.75 Å². The number of nitrogens with zero attached hydrogens (tertiary/aromatic N) is 2. The Hall–Kier alpha value is -2.09. The molecule has 1 atom stereocenters. The summed E-state index contributed by atoms with van der Waals surface area (Å²) >= 11 is 2.94. The van der Waals surface area contributed by atoms with Crippen LogP contribution in [0.3, 0.4) is 0 Å². The Labute approximate surface area is 161 Å². The molecule has 0 saturated heterocycles. The number of hydrogen-bond acceptors (Lipinski definition) is 7. The van der Waals surface area contributed by atoms with Crippen LogP contribution >= 0.6 is 23.1 Å². The smallest absolute Gasteiger partial charge is 0.210 e. The summed E-state index contributed by atoms with van der Waals surface area (Å²) in [6, 6.07) is 15.9. The van der Waals surface area contributed by atoms with Gasteiger partial charge in [0.05, 0.1) is 6.10 Å². The van der Waals surface area contributed by atoms with Crippen molar-refractivity contribution in [2.75, 3.05) is 17.7 Å². The average molecular weight is 388 g/mol. The van der Waals surface area contributed by atoms with Crippen molar-refractivity contribution in [2.24, 2.45) is 0 Å². The van der Waals surface area contributed by atoms with Gasteiger partial charge < -0.3 is 15.2 Å². The molecule has 0 fully saturated rings. The van der Waals surface area contributed by atoms with E-state index in [-0.39, 0.29) is 6.61 Å². The molecular weight excluding hydrogens is 366 g/mol. The van der Waals surface area contributed by atoms with Crippen LogP contribution in [0, 0.1) is 13.8 Å². The molecule has 1 heterocycles. The second-order valence-electron chi connectivity index (χ2n) is 5.96. The number of aryl methyl sites for hydroxylation is 2. The second-order valence-corrected chi connectivity index (χ2v) is 8.20. The summed E-state index contributed by atoms with van der Waals surface area (Å²) in [5, 5.41) is 22.4. The molecule has 0 bridgehead atoms. The van der Waals surface area contributed by atoms with Crippen LogP contribution in [0.4, 0.5) is 10.8 Å². The highest BCUT2D eigenvalue weighted by molar-refractivity contribution is 8.01. The minimum atomic E-state index is -0.571. The minimum Gasteiger partial charge on any atom is -0.491 e. The zero-order valence-corrected chi connectivity index (χ0v) is 16.3. The number of anilines is 2. The van der Waals surface area contributed by atoms with Crippen LogP contribution in [-0.4, -0.2) is 33.8 Å². The van der Waals surface area contributed by atoms with Crippen molar-refractivity contribution < 1.29 is 9.84 Å². The number of aliphatic hydroxyl groups excluding tert-OH is 1. The van der Waals surface area contributed by atoms with E-state index in [1.54, 1.807) is 0 Å². The first-order valence-corrected chi connectivity index (χ1v) is 10.1. The van der Waals surface area contributed by atoms with Gasteiger partial charge in [-0.2, -0.15) is 0 Å². The van der Waals surface area contributed by atoms with Gasteiger partial charge in [-0.15, -0.1) is 10.2 Å². The lowest BCUT2D eigenvalue weighted by molar-refractivity contribution is 0.126. The SMILES string of the molecule is Cc1ccc(OC[C@@H](O)CSc2nnc(Nc3cccc(C)c3)s2)cc1. The highest BCUT2D eigenvalue weighted by Crippen LogP contribution is 2.28. The number of thioether (sulfide) groups is 1. The van der Waals surface area contributed by atoms with E-state index in [4.69, 9.17) is 4.74 Å². The quantitative estimate of drug-likeness (QED) is 0.557. The predicted molar refractivity (Wildman–Crippen MR) is 108 cm³/mol. The van der Waals surface area contributed by atoms with Gasteiger partial charge in [0.15, 0.2) is 4.34 Å². The van der Waals surface area contributed by atoms with Crippen molar-refractivity contribution in [1.82, 2.24) is 10.2 Å². The third-order valence-electron chi connectivity index (χ3n) is 3.54. The van der Waals surface area contributed by atoms with Gasteiger partial charge in [-0.05, 0) is 43.7 Å². The van der Waals surface area contributed by atoms with Crippen LogP contribution in [0.25, 0.3) is 0 Å². The van der Waals surface area contributed by atoms with Gasteiger partial charge in [-0.25, -0.2) is 0 Å². The number of aliphatic hydroxyl groups is 1. The molecule has 0 aliphatic rings. The lowest BCUT2D eigenvalue weighted by Crippen LogP contribution is -2.20. The fourth-order valence-corrected chi connectivity index (χ4v) is 3.91. The number of rotatable bonds is 8. The van der Waals surface area contributed by atoms with Gasteiger partial charge in [-0.3, -0.25) is 0 Å². The zero-order valence-electron chi connectivity index (χ0n) is 14.7. The van der Waals surface area contributed by atoms with Crippen molar-refractivity contribution in [1.29, 1.82) is 0 Å². The van der Waals surface area contributed by atoms with Gasteiger partial charge in [0, 0.05) is 11.4 Å². The highest BCUT2D eigenvalue weighted by atomic mass is 32.2. The molecule has 0 spiro atoms. The number of benzene rings is 2. The molecule has 0 aliphatic heterocycles. The Balaban J connectivity index is 1.44. The number of nitrogens with one attached hydrogen (secondary N) is 1. The van der Waals surface area contributed by atoms with Gasteiger partial charge in [0.1, 0.15) is 12.4 Å². The maximum atomic E-state index is 10.1. The van der Waals surface area contributed by atoms with E-state index in [1.807, 2.05) is 56.3 Å². The summed E-state index contributed by atoms with van der Waals surface area (Å²) in [6.45, 7) is 4.33. The van der Waals surface area contributed by atoms with Gasteiger partial charge in [0.2, 0.25) is 5.13 Å². The molecule has 0 unspecified atom stereocenters. The monoisotopic (exact) mass is 387 g/mol. The Morgan fingerprint density at radius 2 is 1.92 bits per heavy atom. The first-order valence-electron chi connectivity index (χ1n) is 8.26. The summed E-state index contributed by atoms with van der Waals surface area (Å²) in [4.78, 5) is 0. The van der Waals surface area contributed by atoms with Crippen LogP contribution in [0.5, 0.6) is 5.75 Å². The molecular formula is C19H21N3O2S2. The van der Waals surface area contributed by atoms with E-state index in [1.165, 1.54) is 34.2 Å². The fourth-order valence-electron chi connectivity index (χ4n) is 2.21. The van der Waals surface area contributed by atoms with E-state index < -0.39 is 6.10 Å². The molecule has 0 saturated carbocycles. The molecule has 3 aromatic rings. The molecule has 1 aromatic heterocycles. The van der Waals surface area contributed by atoms with Gasteiger partial charge in [-0.1, -0.05) is 52.9 Å². The van der Waals surface area contributed by atoms with Gasteiger partial charge >= 0.3 is 0 Å². The Morgan fingerprint density at radius 3 is 2.69 bits per heavy atom. The highest BCUT2D eigenvalue weighted by Gasteiger charge is 2.10. The number of hydrogen-bond donors (Lipinski definition) is 2. The number of aromatic nitrogens is 2. The maximum absolute atomic E-state index is 10.1. The minimum absolute atomic E-state index is 0.253. The van der Waals surface area contributed by atoms with Crippen LogP contribution in [0.2, 0.25) is 0 Å². The summed E-state index contributed by atoms with van der Waals surface area (Å²) in [5.74, 6) is 1.27. The van der Waals surface area contributed by atoms with Gasteiger partial charge in [0.25, 0.3) is 0 Å². The average Bonchev–Trinajstić information content (AvgIpc) is 3.07. The van der Waals surface area contributed by atoms with Crippen molar-refractivity contribution in [3.05, 3.63) is 59.7 Å². The largest absolute Gasteiger partial charge is 0.491 e. The molecule has 0 radical (unpaired) electrons. The Kier molecular flexibility index (Phi) is 6.49. The fraction of sp³-hybridized carbons (Fsp3) is 0.263. The lowest BCUT2D eigenvalue weighted by atomic mass is 10.2. The Morgan fingerprint density at radius 1 is 1.12 bits per heavy atom. The molecule has 5 nitrogen and oxygen atoms in total. The maximum Gasteiger partial charge on any atom is 0.210 e. The van der Waals surface area contributed by atoms with Crippen LogP contribution in [0.1, 0.15) is 11.1 Å². The summed E-state index contributed by atoms with van der Waals surface area (Å²) < 4.78 is 6.41. The topological polar surface area (TPSA) is 67.3 Å². The molecule has 0 aliphatic carbocycles. The third kappa shape index (κ3) is 5.72. The summed E-state index contributed by atoms with van der Waals surface area (Å²) in [5.41, 5.74) is 3.36. The van der Waals surface area contributed by atoms with Crippen molar-refractivity contribution >= 4 is 33.9 Å². The third-order valence-corrected chi connectivity index (χ3v) is 5.66. The van der Waals surface area contributed by atoms with Crippen molar-refractivity contribution in [3.63, 3.8) is 0 Å². The van der Waals surface area contributed by atoms with E-state index in [9.17, 15) is 5.11 Å². The first kappa shape index (κ1) is 18.7. The molecule has 2 aromatic carbocycles. The summed E-state index contributed by atoms with van der Waals surface area (Å²) in [7, 11) is 0. The Bertz CT molecular complexity index is 837. The first-order chi connectivity index (χ1) is 12.6. The van der Waals surface area contributed by atoms with E-state index in [0.717, 1.165) is 20.9 Å². The molecule has 3 rings (SSSR count). The summed E-state index contributed by atoms with van der Waals surface area (Å²) in [6.07, 6.45) is -0.571. The molecule has 2 N–H and O–H groups in total. The number of ether oxygens (including phenoxy) is 1. The molecule has 136 valence electrons. The van der Waals surface area contributed by atoms with Crippen molar-refractivity contribution in [2.45, 2.75) is 24.3 Å². The standard InChI is InChI=1S/C19H21N3O2S2/c1-13-6-8-17(9-7-13)24-11-16(23)12-25-19-22-21-18(26-19)20-15-5-3-4-14(2)10-15/h3-10,16,23H,11-12H2,1-2H3,(H,20,21)/t16-/m1/s1. The van der Waals surface area contributed by atoms with Crippen LogP contribution in [-0.2, 0) is 0 Å². The van der Waals surface area contributed by atoms with E-state index >= 15 is 0 Å². The van der Waals surface area contributed by atoms with E-state index in [2.05, 4.69) is 21.6 Å². The molecule has 0 amide bonds. The van der Waals surface area contributed by atoms with Crippen LogP contribution < -0.4 is 10.1 Å². The lowest BCUT2D eigenvalue weighted by Gasteiger charge is -2.11.